The normalized spacial score (nSPS) is 10.7. The molecule has 0 radical (unpaired) electrons. The largest absolute Gasteiger partial charge is 0.355 e. The molecule has 1 amide bonds. The van der Waals surface area contributed by atoms with Crippen LogP contribution in [0.5, 0.6) is 0 Å². The summed E-state index contributed by atoms with van der Waals surface area (Å²) in [5, 5.41) is 5.91. The Balaban J connectivity index is 1.44. The fourth-order valence-corrected chi connectivity index (χ4v) is 4.10. The fraction of sp³-hybridized carbons (Fsp3) is 0.238. The molecule has 0 aliphatic carbocycles. The average molecular weight is 383 g/mol. The minimum absolute atomic E-state index is 0.0237. The van der Waals surface area contributed by atoms with Gasteiger partial charge < -0.3 is 5.32 Å². The van der Waals surface area contributed by atoms with Gasteiger partial charge in [-0.2, -0.15) is 0 Å². The highest BCUT2D eigenvalue weighted by Gasteiger charge is 2.09. The van der Waals surface area contributed by atoms with Crippen molar-refractivity contribution in [3.05, 3.63) is 70.7 Å². The molecule has 134 valence electrons. The van der Waals surface area contributed by atoms with Gasteiger partial charge in [0.25, 0.3) is 0 Å². The number of nitrogens with one attached hydrogen (secondary N) is 1. The molecule has 2 aromatic carbocycles. The van der Waals surface area contributed by atoms with Crippen LogP contribution in [0.3, 0.4) is 0 Å². The first kappa shape index (κ1) is 18.7. The van der Waals surface area contributed by atoms with E-state index in [1.54, 1.807) is 23.1 Å². The van der Waals surface area contributed by atoms with Crippen molar-refractivity contribution in [2.24, 2.45) is 0 Å². The number of thioether (sulfide) groups is 1. The Morgan fingerprint density at radius 1 is 1.12 bits per heavy atom. The molecule has 1 heterocycles. The maximum absolute atomic E-state index is 12.1. The SMILES string of the molecule is Cc1ccc(SCCNC(=O)Cc2csc(-c3cccc(C)c3)n2)cc1. The number of carbonyl (C=O) groups excluding carboxylic acids is 1. The van der Waals surface area contributed by atoms with Crippen molar-refractivity contribution in [3.63, 3.8) is 0 Å². The van der Waals surface area contributed by atoms with Gasteiger partial charge >= 0.3 is 0 Å². The molecular weight excluding hydrogens is 360 g/mol. The lowest BCUT2D eigenvalue weighted by Gasteiger charge is -2.04. The molecule has 26 heavy (non-hydrogen) atoms. The number of aromatic nitrogens is 1. The molecule has 1 aromatic heterocycles. The first-order valence-corrected chi connectivity index (χ1v) is 10.4. The van der Waals surface area contributed by atoms with Crippen LogP contribution in [0.4, 0.5) is 0 Å². The van der Waals surface area contributed by atoms with Crippen LogP contribution in [0, 0.1) is 13.8 Å². The van der Waals surface area contributed by atoms with Crippen molar-refractivity contribution in [2.45, 2.75) is 25.2 Å². The number of hydrogen-bond acceptors (Lipinski definition) is 4. The van der Waals surface area contributed by atoms with E-state index in [4.69, 9.17) is 0 Å². The number of nitrogens with zero attached hydrogens (tertiary/aromatic N) is 1. The number of rotatable bonds is 7. The van der Waals surface area contributed by atoms with Crippen LogP contribution in [0.1, 0.15) is 16.8 Å². The third-order valence-corrected chi connectivity index (χ3v) is 5.83. The fourth-order valence-electron chi connectivity index (χ4n) is 2.52. The summed E-state index contributed by atoms with van der Waals surface area (Å²) in [7, 11) is 0. The van der Waals surface area contributed by atoms with Crippen molar-refractivity contribution >= 4 is 29.0 Å². The minimum atomic E-state index is 0.0237. The topological polar surface area (TPSA) is 42.0 Å². The highest BCUT2D eigenvalue weighted by molar-refractivity contribution is 7.99. The van der Waals surface area contributed by atoms with Crippen LogP contribution in [0.25, 0.3) is 10.6 Å². The van der Waals surface area contributed by atoms with Crippen LogP contribution in [-0.2, 0) is 11.2 Å². The number of amides is 1. The van der Waals surface area contributed by atoms with Gasteiger partial charge in [-0.15, -0.1) is 23.1 Å². The Morgan fingerprint density at radius 3 is 2.69 bits per heavy atom. The molecule has 0 spiro atoms. The van der Waals surface area contributed by atoms with Gasteiger partial charge in [-0.3, -0.25) is 4.79 Å². The molecule has 0 fully saturated rings. The highest BCUT2D eigenvalue weighted by atomic mass is 32.2. The summed E-state index contributed by atoms with van der Waals surface area (Å²) in [6.07, 6.45) is 0.331. The monoisotopic (exact) mass is 382 g/mol. The van der Waals surface area contributed by atoms with E-state index >= 15 is 0 Å². The number of hydrogen-bond donors (Lipinski definition) is 1. The van der Waals surface area contributed by atoms with Crippen LogP contribution < -0.4 is 5.32 Å². The van der Waals surface area contributed by atoms with Gasteiger partial charge in [0.1, 0.15) is 5.01 Å². The van der Waals surface area contributed by atoms with E-state index in [0.717, 1.165) is 22.0 Å². The molecular formula is C21H22N2OS2. The third kappa shape index (κ3) is 5.44. The smallest absolute Gasteiger partial charge is 0.226 e. The summed E-state index contributed by atoms with van der Waals surface area (Å²) in [4.78, 5) is 17.9. The molecule has 5 heteroatoms. The van der Waals surface area contributed by atoms with Gasteiger partial charge in [0.15, 0.2) is 0 Å². The molecule has 0 atom stereocenters. The molecule has 0 saturated heterocycles. The van der Waals surface area contributed by atoms with E-state index in [1.807, 2.05) is 11.4 Å². The van der Waals surface area contributed by atoms with E-state index < -0.39 is 0 Å². The summed E-state index contributed by atoms with van der Waals surface area (Å²) in [5.74, 6) is 0.885. The molecule has 0 saturated carbocycles. The molecule has 0 unspecified atom stereocenters. The zero-order chi connectivity index (χ0) is 18.4. The maximum atomic E-state index is 12.1. The second-order valence-corrected chi connectivity index (χ2v) is 8.23. The summed E-state index contributed by atoms with van der Waals surface area (Å²) in [6, 6.07) is 16.7. The van der Waals surface area contributed by atoms with Crippen molar-refractivity contribution in [3.8, 4) is 10.6 Å². The number of carbonyl (C=O) groups is 1. The molecule has 3 aromatic rings. The molecule has 0 bridgehead atoms. The van der Waals surface area contributed by atoms with Crippen molar-refractivity contribution in [1.82, 2.24) is 10.3 Å². The lowest BCUT2D eigenvalue weighted by atomic mass is 10.1. The van der Waals surface area contributed by atoms with Crippen molar-refractivity contribution < 1.29 is 4.79 Å². The van der Waals surface area contributed by atoms with Crippen LogP contribution >= 0.6 is 23.1 Å². The predicted molar refractivity (Wildman–Crippen MR) is 111 cm³/mol. The van der Waals surface area contributed by atoms with E-state index in [0.29, 0.717) is 13.0 Å². The Kier molecular flexibility index (Phi) is 6.47. The number of benzene rings is 2. The summed E-state index contributed by atoms with van der Waals surface area (Å²) < 4.78 is 0. The average Bonchev–Trinajstić information content (AvgIpc) is 3.09. The third-order valence-electron chi connectivity index (χ3n) is 3.87. The maximum Gasteiger partial charge on any atom is 0.226 e. The zero-order valence-corrected chi connectivity index (χ0v) is 16.6. The van der Waals surface area contributed by atoms with Crippen LogP contribution in [-0.4, -0.2) is 23.2 Å². The van der Waals surface area contributed by atoms with E-state index in [1.165, 1.54) is 16.0 Å². The van der Waals surface area contributed by atoms with Crippen molar-refractivity contribution in [2.75, 3.05) is 12.3 Å². The quantitative estimate of drug-likeness (QED) is 0.468. The Bertz CT molecular complexity index is 872. The molecule has 3 nitrogen and oxygen atoms in total. The second-order valence-electron chi connectivity index (χ2n) is 6.20. The molecule has 0 aliphatic heterocycles. The number of thiazole rings is 1. The Hall–Kier alpha value is -2.11. The van der Waals surface area contributed by atoms with Gasteiger partial charge in [0.05, 0.1) is 12.1 Å². The van der Waals surface area contributed by atoms with Crippen molar-refractivity contribution in [1.29, 1.82) is 0 Å². The molecule has 1 N–H and O–H groups in total. The standard InChI is InChI=1S/C21H22N2OS2/c1-15-6-8-19(9-7-15)25-11-10-22-20(24)13-18-14-26-21(23-18)17-5-3-4-16(2)12-17/h3-9,12,14H,10-11,13H2,1-2H3,(H,22,24). The van der Waals surface area contributed by atoms with E-state index in [-0.39, 0.29) is 5.91 Å². The second kappa shape index (κ2) is 9.01. The molecule has 0 aliphatic rings. The lowest BCUT2D eigenvalue weighted by molar-refractivity contribution is -0.120. The lowest BCUT2D eigenvalue weighted by Crippen LogP contribution is -2.27. The van der Waals surface area contributed by atoms with Gasteiger partial charge in [0, 0.05) is 28.1 Å². The van der Waals surface area contributed by atoms with Gasteiger partial charge in [-0.25, -0.2) is 4.98 Å². The summed E-state index contributed by atoms with van der Waals surface area (Å²) in [5.41, 5.74) is 4.41. The van der Waals surface area contributed by atoms with E-state index in [9.17, 15) is 4.79 Å². The van der Waals surface area contributed by atoms with Gasteiger partial charge in [0.2, 0.25) is 5.91 Å². The number of aryl methyl sites for hydroxylation is 2. The zero-order valence-electron chi connectivity index (χ0n) is 15.0. The van der Waals surface area contributed by atoms with Gasteiger partial charge in [-0.1, -0.05) is 41.5 Å². The Labute approximate surface area is 162 Å². The van der Waals surface area contributed by atoms with Crippen LogP contribution in [0.2, 0.25) is 0 Å². The first-order valence-electron chi connectivity index (χ1n) is 8.58. The summed E-state index contributed by atoms with van der Waals surface area (Å²) >= 11 is 3.34. The van der Waals surface area contributed by atoms with Crippen LogP contribution in [0.15, 0.2) is 58.8 Å². The molecule has 3 rings (SSSR count). The minimum Gasteiger partial charge on any atom is -0.355 e. The highest BCUT2D eigenvalue weighted by Crippen LogP contribution is 2.24. The van der Waals surface area contributed by atoms with Gasteiger partial charge in [-0.05, 0) is 32.0 Å². The first-order chi connectivity index (χ1) is 12.6. The van der Waals surface area contributed by atoms with E-state index in [2.05, 4.69) is 66.6 Å². The Morgan fingerprint density at radius 2 is 1.92 bits per heavy atom. The predicted octanol–water partition coefficient (Wildman–Crippen LogP) is 4.88. The summed E-state index contributed by atoms with van der Waals surface area (Å²) in [6.45, 7) is 4.81.